The molecule has 2 amide bonds. The molecule has 25 heavy (non-hydrogen) atoms. The van der Waals surface area contributed by atoms with Gasteiger partial charge in [-0.05, 0) is 39.0 Å². The van der Waals surface area contributed by atoms with Gasteiger partial charge >= 0.3 is 6.03 Å². The maximum absolute atomic E-state index is 12.3. The van der Waals surface area contributed by atoms with E-state index in [4.69, 9.17) is 9.15 Å². The second kappa shape index (κ2) is 6.51. The third-order valence-corrected chi connectivity index (χ3v) is 4.16. The number of benzene rings is 1. The molecule has 0 bridgehead atoms. The molecule has 0 spiro atoms. The van der Waals surface area contributed by atoms with Crippen molar-refractivity contribution in [1.29, 1.82) is 0 Å². The summed E-state index contributed by atoms with van der Waals surface area (Å²) in [5.74, 6) is 2.13. The summed E-state index contributed by atoms with van der Waals surface area (Å²) < 4.78 is 12.8. The molecule has 0 radical (unpaired) electrons. The van der Waals surface area contributed by atoms with Gasteiger partial charge < -0.3 is 14.5 Å². The highest BCUT2D eigenvalue weighted by Crippen LogP contribution is 2.31. The predicted molar refractivity (Wildman–Crippen MR) is 96.0 cm³/mol. The van der Waals surface area contributed by atoms with Gasteiger partial charge in [-0.25, -0.2) is 4.79 Å². The Morgan fingerprint density at radius 1 is 1.32 bits per heavy atom. The van der Waals surface area contributed by atoms with Crippen LogP contribution < -0.4 is 15.4 Å². The molecule has 0 aliphatic carbocycles. The molecular weight excluding hydrogens is 320 g/mol. The van der Waals surface area contributed by atoms with E-state index in [1.165, 1.54) is 0 Å². The Balaban J connectivity index is 1.77. The summed E-state index contributed by atoms with van der Waals surface area (Å²) in [6, 6.07) is 6.87. The molecular formula is C18H22N4O3. The Morgan fingerprint density at radius 3 is 2.72 bits per heavy atom. The Hall–Kier alpha value is -2.96. The fourth-order valence-corrected chi connectivity index (χ4v) is 2.90. The highest BCUT2D eigenvalue weighted by atomic mass is 16.5. The van der Waals surface area contributed by atoms with Crippen LogP contribution in [-0.2, 0) is 7.05 Å². The predicted octanol–water partition coefficient (Wildman–Crippen LogP) is 3.67. The van der Waals surface area contributed by atoms with E-state index in [9.17, 15) is 4.79 Å². The van der Waals surface area contributed by atoms with Crippen molar-refractivity contribution in [3.05, 3.63) is 41.3 Å². The molecule has 0 saturated carbocycles. The number of nitrogens with zero attached hydrogens (tertiary/aromatic N) is 2. The monoisotopic (exact) mass is 342 g/mol. The Labute approximate surface area is 146 Å². The average molecular weight is 342 g/mol. The Bertz CT molecular complexity index is 926. The van der Waals surface area contributed by atoms with Crippen LogP contribution in [-0.4, -0.2) is 22.9 Å². The van der Waals surface area contributed by atoms with Crippen molar-refractivity contribution >= 4 is 22.8 Å². The van der Waals surface area contributed by atoms with Gasteiger partial charge in [0.2, 0.25) is 0 Å². The van der Waals surface area contributed by atoms with Gasteiger partial charge in [0, 0.05) is 24.1 Å². The summed E-state index contributed by atoms with van der Waals surface area (Å²) in [6.07, 6.45) is 0. The number of rotatable bonds is 4. The molecule has 0 aliphatic rings. The van der Waals surface area contributed by atoms with Crippen LogP contribution in [0.1, 0.15) is 30.0 Å². The van der Waals surface area contributed by atoms with Gasteiger partial charge in [0.15, 0.2) is 0 Å². The highest BCUT2D eigenvalue weighted by molar-refractivity contribution is 5.89. The van der Waals surface area contributed by atoms with Crippen molar-refractivity contribution in [1.82, 2.24) is 15.1 Å². The van der Waals surface area contributed by atoms with E-state index >= 15 is 0 Å². The number of urea groups is 1. The second-order valence-corrected chi connectivity index (χ2v) is 6.07. The van der Waals surface area contributed by atoms with E-state index in [0.717, 1.165) is 33.7 Å². The molecule has 2 N–H and O–H groups in total. The van der Waals surface area contributed by atoms with Crippen LogP contribution in [0.2, 0.25) is 0 Å². The first kappa shape index (κ1) is 16.9. The number of ether oxygens (including phenoxy) is 1. The molecule has 1 unspecified atom stereocenters. The molecule has 3 rings (SSSR count). The summed E-state index contributed by atoms with van der Waals surface area (Å²) in [5.41, 5.74) is 2.59. The van der Waals surface area contributed by atoms with E-state index in [1.54, 1.807) is 18.8 Å². The summed E-state index contributed by atoms with van der Waals surface area (Å²) in [5, 5.41) is 10.9. The van der Waals surface area contributed by atoms with Crippen molar-refractivity contribution in [2.45, 2.75) is 26.8 Å². The molecule has 7 heteroatoms. The first-order valence-electron chi connectivity index (χ1n) is 8.04. The maximum atomic E-state index is 12.3. The maximum Gasteiger partial charge on any atom is 0.320 e. The Morgan fingerprint density at radius 2 is 2.08 bits per heavy atom. The number of nitrogens with one attached hydrogen (secondary N) is 2. The summed E-state index contributed by atoms with van der Waals surface area (Å²) in [4.78, 5) is 12.3. The number of fused-ring (bicyclic) bond motifs is 1. The number of amides is 2. The van der Waals surface area contributed by atoms with Crippen LogP contribution >= 0.6 is 0 Å². The Kier molecular flexibility index (Phi) is 4.39. The third kappa shape index (κ3) is 3.31. The number of furan rings is 1. The number of hydrogen-bond donors (Lipinski definition) is 2. The number of carbonyl (C=O) groups excluding carboxylic acids is 1. The van der Waals surface area contributed by atoms with Gasteiger partial charge in [-0.2, -0.15) is 5.10 Å². The van der Waals surface area contributed by atoms with Crippen molar-refractivity contribution in [2.75, 3.05) is 12.4 Å². The highest BCUT2D eigenvalue weighted by Gasteiger charge is 2.19. The normalized spacial score (nSPS) is 12.2. The minimum atomic E-state index is -0.312. The van der Waals surface area contributed by atoms with E-state index in [0.29, 0.717) is 5.82 Å². The smallest absolute Gasteiger partial charge is 0.320 e. The lowest BCUT2D eigenvalue weighted by atomic mass is 10.1. The molecule has 1 aromatic carbocycles. The second-order valence-electron chi connectivity index (χ2n) is 6.07. The van der Waals surface area contributed by atoms with E-state index in [2.05, 4.69) is 15.7 Å². The molecule has 0 fully saturated rings. The van der Waals surface area contributed by atoms with Gasteiger partial charge in [-0.1, -0.05) is 0 Å². The van der Waals surface area contributed by atoms with Crippen LogP contribution in [0.5, 0.6) is 5.75 Å². The molecule has 132 valence electrons. The molecule has 7 nitrogen and oxygen atoms in total. The molecule has 3 aromatic rings. The molecule has 2 heterocycles. The number of methoxy groups -OCH3 is 1. The standard InChI is InChI=1S/C18H22N4O3/c1-10-8-16(22(4)21-10)20-18(23)19-12(3)17-11(2)14-9-13(24-5)6-7-15(14)25-17/h6-9,12H,1-5H3,(H2,19,20,23). The van der Waals surface area contributed by atoms with E-state index in [1.807, 2.05) is 45.0 Å². The summed E-state index contributed by atoms with van der Waals surface area (Å²) >= 11 is 0. The van der Waals surface area contributed by atoms with Crippen molar-refractivity contribution in [3.8, 4) is 5.75 Å². The molecule has 0 saturated heterocycles. The van der Waals surface area contributed by atoms with Crippen LogP contribution in [0.3, 0.4) is 0 Å². The summed E-state index contributed by atoms with van der Waals surface area (Å²) in [7, 11) is 3.41. The minimum absolute atomic E-state index is 0.285. The zero-order chi connectivity index (χ0) is 18.1. The number of aryl methyl sites for hydroxylation is 3. The third-order valence-electron chi connectivity index (χ3n) is 4.16. The van der Waals surface area contributed by atoms with Gasteiger partial charge in [-0.3, -0.25) is 10.00 Å². The van der Waals surface area contributed by atoms with E-state index < -0.39 is 0 Å². The molecule has 0 aliphatic heterocycles. The number of anilines is 1. The van der Waals surface area contributed by atoms with Crippen molar-refractivity contribution in [3.63, 3.8) is 0 Å². The van der Waals surface area contributed by atoms with Gasteiger partial charge in [0.25, 0.3) is 0 Å². The SMILES string of the molecule is COc1ccc2oc(C(C)NC(=O)Nc3cc(C)nn3C)c(C)c2c1. The lowest BCUT2D eigenvalue weighted by molar-refractivity contribution is 0.247. The first-order chi connectivity index (χ1) is 11.9. The van der Waals surface area contributed by atoms with Gasteiger partial charge in [-0.15, -0.1) is 0 Å². The first-order valence-corrected chi connectivity index (χ1v) is 8.04. The van der Waals surface area contributed by atoms with Crippen LogP contribution in [0.4, 0.5) is 10.6 Å². The number of carbonyl (C=O) groups is 1. The number of aromatic nitrogens is 2. The fourth-order valence-electron chi connectivity index (χ4n) is 2.90. The average Bonchev–Trinajstić information content (AvgIpc) is 3.06. The lowest BCUT2D eigenvalue weighted by Crippen LogP contribution is -2.31. The minimum Gasteiger partial charge on any atom is -0.497 e. The van der Waals surface area contributed by atoms with Gasteiger partial charge in [0.05, 0.1) is 18.8 Å². The quantitative estimate of drug-likeness (QED) is 0.758. The topological polar surface area (TPSA) is 81.3 Å². The lowest BCUT2D eigenvalue weighted by Gasteiger charge is -2.13. The van der Waals surface area contributed by atoms with Crippen LogP contribution in [0, 0.1) is 13.8 Å². The zero-order valence-corrected chi connectivity index (χ0v) is 15.0. The van der Waals surface area contributed by atoms with Gasteiger partial charge in [0.1, 0.15) is 22.9 Å². The zero-order valence-electron chi connectivity index (χ0n) is 15.0. The summed E-state index contributed by atoms with van der Waals surface area (Å²) in [6.45, 7) is 5.73. The largest absolute Gasteiger partial charge is 0.497 e. The van der Waals surface area contributed by atoms with E-state index in [-0.39, 0.29) is 12.1 Å². The fraction of sp³-hybridized carbons (Fsp3) is 0.333. The molecule has 2 aromatic heterocycles. The number of hydrogen-bond acceptors (Lipinski definition) is 4. The van der Waals surface area contributed by atoms with Crippen LogP contribution in [0.25, 0.3) is 11.0 Å². The van der Waals surface area contributed by atoms with Crippen molar-refractivity contribution in [2.24, 2.45) is 7.05 Å². The molecule has 1 atom stereocenters. The van der Waals surface area contributed by atoms with Crippen molar-refractivity contribution < 1.29 is 13.9 Å². The van der Waals surface area contributed by atoms with Crippen LogP contribution in [0.15, 0.2) is 28.7 Å².